The summed E-state index contributed by atoms with van der Waals surface area (Å²) in [7, 11) is 0. The lowest BCUT2D eigenvalue weighted by Gasteiger charge is -2.35. The Balaban J connectivity index is 2.87. The van der Waals surface area contributed by atoms with Gasteiger partial charge in [-0.3, -0.25) is 9.59 Å². The fraction of sp³-hybridized carbons (Fsp3) is 0.769. The highest BCUT2D eigenvalue weighted by molar-refractivity contribution is 5.82. The number of hydrogen-bond acceptors (Lipinski definition) is 6. The van der Waals surface area contributed by atoms with Crippen LogP contribution in [0.25, 0.3) is 0 Å². The molecule has 0 spiro atoms. The first-order chi connectivity index (χ1) is 9.10. The van der Waals surface area contributed by atoms with E-state index in [1.54, 1.807) is 13.8 Å². The Kier molecular flexibility index (Phi) is 5.77. The van der Waals surface area contributed by atoms with Gasteiger partial charge in [0.1, 0.15) is 0 Å². The summed E-state index contributed by atoms with van der Waals surface area (Å²) in [6.07, 6.45) is 0.229. The van der Waals surface area contributed by atoms with Gasteiger partial charge < -0.3 is 14.2 Å². The molecule has 1 fully saturated rings. The smallest absolute Gasteiger partial charge is 0.326 e. The molecule has 1 aliphatic heterocycles. The number of rotatable bonds is 5. The van der Waals surface area contributed by atoms with E-state index in [-0.39, 0.29) is 32.7 Å². The molecule has 2 atom stereocenters. The summed E-state index contributed by atoms with van der Waals surface area (Å²) in [6, 6.07) is 2.04. The predicted molar refractivity (Wildman–Crippen MR) is 64.9 cm³/mol. The Bertz CT molecular complexity index is 376. The van der Waals surface area contributed by atoms with Gasteiger partial charge in [0.15, 0.2) is 5.41 Å². The Morgan fingerprint density at radius 3 is 2.63 bits per heavy atom. The fourth-order valence-corrected chi connectivity index (χ4v) is 2.18. The van der Waals surface area contributed by atoms with Gasteiger partial charge in [0, 0.05) is 18.9 Å². The molecule has 1 saturated heterocycles. The van der Waals surface area contributed by atoms with Gasteiger partial charge >= 0.3 is 11.9 Å². The highest BCUT2D eigenvalue weighted by Crippen LogP contribution is 2.38. The largest absolute Gasteiger partial charge is 0.466 e. The van der Waals surface area contributed by atoms with Gasteiger partial charge in [0.05, 0.1) is 32.3 Å². The summed E-state index contributed by atoms with van der Waals surface area (Å²) in [6.45, 7) is 4.36. The van der Waals surface area contributed by atoms with E-state index in [0.717, 1.165) is 0 Å². The maximum absolute atomic E-state index is 12.0. The minimum atomic E-state index is -1.30. The first-order valence-electron chi connectivity index (χ1n) is 6.42. The standard InChI is InChI=1S/C13H19NO5/c1-3-18-11(15)7-10-8-17-6-5-13(10,9-14)12(16)19-4-2/h10H,3-8H2,1-2H3/t10-,13-/m0/s1. The minimum absolute atomic E-state index is 0.0137. The van der Waals surface area contributed by atoms with Gasteiger partial charge in [-0.05, 0) is 13.8 Å². The van der Waals surface area contributed by atoms with Crippen LogP contribution in [0, 0.1) is 22.7 Å². The molecule has 0 radical (unpaired) electrons. The molecular weight excluding hydrogens is 250 g/mol. The molecule has 1 aliphatic rings. The molecule has 0 aliphatic carbocycles. The van der Waals surface area contributed by atoms with Crippen LogP contribution in [0.2, 0.25) is 0 Å². The zero-order chi connectivity index (χ0) is 14.3. The summed E-state index contributed by atoms with van der Waals surface area (Å²) in [4.78, 5) is 23.6. The van der Waals surface area contributed by atoms with Crippen LogP contribution < -0.4 is 0 Å². The lowest BCUT2D eigenvalue weighted by molar-refractivity contribution is -0.164. The average molecular weight is 269 g/mol. The molecular formula is C13H19NO5. The third kappa shape index (κ3) is 3.44. The molecule has 0 N–H and O–H groups in total. The second kappa shape index (κ2) is 7.10. The van der Waals surface area contributed by atoms with Crippen molar-refractivity contribution < 1.29 is 23.8 Å². The number of esters is 2. The second-order valence-electron chi connectivity index (χ2n) is 4.33. The van der Waals surface area contributed by atoms with Gasteiger partial charge in [-0.15, -0.1) is 0 Å². The zero-order valence-corrected chi connectivity index (χ0v) is 11.3. The van der Waals surface area contributed by atoms with Crippen LogP contribution in [-0.2, 0) is 23.8 Å². The second-order valence-corrected chi connectivity index (χ2v) is 4.33. The van der Waals surface area contributed by atoms with Gasteiger partial charge in [0.25, 0.3) is 0 Å². The van der Waals surface area contributed by atoms with Crippen LogP contribution in [0.5, 0.6) is 0 Å². The lowest BCUT2D eigenvalue weighted by atomic mass is 9.71. The molecule has 0 bridgehead atoms. The third-order valence-electron chi connectivity index (χ3n) is 3.21. The number of carbonyl (C=O) groups is 2. The van der Waals surface area contributed by atoms with Crippen LogP contribution >= 0.6 is 0 Å². The number of hydrogen-bond donors (Lipinski definition) is 0. The third-order valence-corrected chi connectivity index (χ3v) is 3.21. The topological polar surface area (TPSA) is 85.6 Å². The van der Waals surface area contributed by atoms with E-state index in [2.05, 4.69) is 0 Å². The van der Waals surface area contributed by atoms with Crippen molar-refractivity contribution in [1.82, 2.24) is 0 Å². The lowest BCUT2D eigenvalue weighted by Crippen LogP contribution is -2.46. The van der Waals surface area contributed by atoms with Crippen LogP contribution in [-0.4, -0.2) is 38.4 Å². The maximum atomic E-state index is 12.0. The van der Waals surface area contributed by atoms with E-state index in [1.807, 2.05) is 6.07 Å². The number of nitriles is 1. The Hall–Kier alpha value is -1.61. The monoisotopic (exact) mass is 269 g/mol. The molecule has 106 valence electrons. The van der Waals surface area contributed by atoms with Crippen molar-refractivity contribution in [1.29, 1.82) is 5.26 Å². The maximum Gasteiger partial charge on any atom is 0.326 e. The van der Waals surface area contributed by atoms with E-state index in [1.165, 1.54) is 0 Å². The van der Waals surface area contributed by atoms with E-state index >= 15 is 0 Å². The fourth-order valence-electron chi connectivity index (χ4n) is 2.18. The van der Waals surface area contributed by atoms with E-state index in [9.17, 15) is 14.9 Å². The number of nitrogens with zero attached hydrogens (tertiary/aromatic N) is 1. The molecule has 19 heavy (non-hydrogen) atoms. The van der Waals surface area contributed by atoms with Crippen LogP contribution in [0.15, 0.2) is 0 Å². The summed E-state index contributed by atoms with van der Waals surface area (Å²) < 4.78 is 15.1. The molecule has 1 heterocycles. The van der Waals surface area contributed by atoms with Crippen molar-refractivity contribution >= 4 is 11.9 Å². The summed E-state index contributed by atoms with van der Waals surface area (Å²) >= 11 is 0. The highest BCUT2D eigenvalue weighted by Gasteiger charge is 2.50. The summed E-state index contributed by atoms with van der Waals surface area (Å²) in [5, 5.41) is 9.39. The zero-order valence-electron chi connectivity index (χ0n) is 11.3. The molecule has 0 aromatic rings. The molecule has 0 aromatic heterocycles. The molecule has 0 aromatic carbocycles. The van der Waals surface area contributed by atoms with Crippen molar-refractivity contribution in [2.24, 2.45) is 11.3 Å². The molecule has 0 amide bonds. The average Bonchev–Trinajstić information content (AvgIpc) is 2.40. The van der Waals surface area contributed by atoms with Crippen molar-refractivity contribution in [2.75, 3.05) is 26.4 Å². The van der Waals surface area contributed by atoms with E-state index < -0.39 is 23.3 Å². The molecule has 0 unspecified atom stereocenters. The van der Waals surface area contributed by atoms with Crippen LogP contribution in [0.3, 0.4) is 0 Å². The van der Waals surface area contributed by atoms with E-state index in [0.29, 0.717) is 6.61 Å². The molecule has 0 saturated carbocycles. The van der Waals surface area contributed by atoms with E-state index in [4.69, 9.17) is 14.2 Å². The van der Waals surface area contributed by atoms with Crippen molar-refractivity contribution in [3.05, 3.63) is 0 Å². The van der Waals surface area contributed by atoms with Gasteiger partial charge in [-0.1, -0.05) is 0 Å². The Morgan fingerprint density at radius 2 is 2.05 bits per heavy atom. The quantitative estimate of drug-likeness (QED) is 0.693. The first kappa shape index (κ1) is 15.4. The molecule has 1 rings (SSSR count). The SMILES string of the molecule is CCOC(=O)C[C@H]1COCC[C@@]1(C#N)C(=O)OCC. The first-order valence-corrected chi connectivity index (χ1v) is 6.42. The van der Waals surface area contributed by atoms with Gasteiger partial charge in [-0.25, -0.2) is 0 Å². The van der Waals surface area contributed by atoms with Gasteiger partial charge in [0.2, 0.25) is 0 Å². The van der Waals surface area contributed by atoms with Gasteiger partial charge in [-0.2, -0.15) is 5.26 Å². The van der Waals surface area contributed by atoms with Crippen molar-refractivity contribution in [3.8, 4) is 6.07 Å². The molecule has 6 nitrogen and oxygen atoms in total. The molecule has 6 heteroatoms. The highest BCUT2D eigenvalue weighted by atomic mass is 16.5. The minimum Gasteiger partial charge on any atom is -0.466 e. The normalized spacial score (nSPS) is 26.3. The number of carbonyl (C=O) groups excluding carboxylic acids is 2. The Morgan fingerprint density at radius 1 is 1.37 bits per heavy atom. The van der Waals surface area contributed by atoms with Crippen LogP contribution in [0.1, 0.15) is 26.7 Å². The summed E-state index contributed by atoms with van der Waals surface area (Å²) in [5.41, 5.74) is -1.30. The van der Waals surface area contributed by atoms with Crippen molar-refractivity contribution in [2.45, 2.75) is 26.7 Å². The van der Waals surface area contributed by atoms with Crippen molar-refractivity contribution in [3.63, 3.8) is 0 Å². The number of ether oxygens (including phenoxy) is 3. The predicted octanol–water partition coefficient (Wildman–Crippen LogP) is 1.05. The summed E-state index contributed by atoms with van der Waals surface area (Å²) in [5.74, 6) is -1.53. The van der Waals surface area contributed by atoms with Crippen LogP contribution in [0.4, 0.5) is 0 Å². The Labute approximate surface area is 112 Å².